The van der Waals surface area contributed by atoms with Gasteiger partial charge < -0.3 is 34.1 Å². The van der Waals surface area contributed by atoms with Crippen molar-refractivity contribution in [3.8, 4) is 0 Å². The molecular weight excluding hydrogens is 506 g/mol. The topological polar surface area (TPSA) is 78.4 Å². The van der Waals surface area contributed by atoms with Crippen LogP contribution in [0.25, 0.3) is 0 Å². The highest BCUT2D eigenvalue weighted by atomic mass is 16.7. The summed E-state index contributed by atoms with van der Waals surface area (Å²) < 4.78 is 32.0. The molecule has 1 aliphatic heterocycles. The molecule has 1 saturated heterocycles. The molecule has 1 heterocycles. The first kappa shape index (κ1) is 30.3. The summed E-state index contributed by atoms with van der Waals surface area (Å²) in [7, 11) is 1.64. The fourth-order valence-corrected chi connectivity index (χ4v) is 4.88. The van der Waals surface area contributed by atoms with Gasteiger partial charge in [-0.1, -0.05) is 91.0 Å². The maximum absolute atomic E-state index is 9.08. The highest BCUT2D eigenvalue weighted by Crippen LogP contribution is 2.30. The Kier molecular flexibility index (Phi) is 13.1. The van der Waals surface area contributed by atoms with Crippen molar-refractivity contribution in [2.75, 3.05) is 26.8 Å². The Balaban J connectivity index is 1.54. The number of unbranched alkanes of at least 4 members (excludes halogenated alkanes) is 2. The summed E-state index contributed by atoms with van der Waals surface area (Å²) in [5.41, 5.74) is 3.22. The predicted molar refractivity (Wildman–Crippen MR) is 155 cm³/mol. The van der Waals surface area contributed by atoms with Gasteiger partial charge in [-0.3, -0.25) is 0 Å². The molecule has 7 nitrogen and oxygen atoms in total. The van der Waals surface area contributed by atoms with Crippen LogP contribution in [0.3, 0.4) is 0 Å². The van der Waals surface area contributed by atoms with Crippen molar-refractivity contribution in [1.29, 1.82) is 0 Å². The van der Waals surface area contributed by atoms with Gasteiger partial charge >= 0.3 is 0 Å². The quantitative estimate of drug-likeness (QED) is 0.233. The van der Waals surface area contributed by atoms with Crippen LogP contribution in [0.15, 0.2) is 91.0 Å². The van der Waals surface area contributed by atoms with Gasteiger partial charge in [0.15, 0.2) is 6.29 Å². The molecule has 0 saturated carbocycles. The Morgan fingerprint density at radius 3 is 1.65 bits per heavy atom. The van der Waals surface area contributed by atoms with E-state index in [-0.39, 0.29) is 12.7 Å². The minimum absolute atomic E-state index is 0.224. The van der Waals surface area contributed by atoms with Crippen LogP contribution in [0, 0.1) is 0 Å². The number of hydrogen-bond acceptors (Lipinski definition) is 7. The van der Waals surface area contributed by atoms with Crippen LogP contribution in [-0.2, 0) is 43.5 Å². The van der Waals surface area contributed by atoms with Crippen molar-refractivity contribution in [2.45, 2.75) is 69.8 Å². The third-order valence-corrected chi connectivity index (χ3v) is 7.04. The van der Waals surface area contributed by atoms with Crippen molar-refractivity contribution >= 4 is 0 Å². The molecular formula is C33H43NO6. The number of aliphatic hydroxyl groups excluding tert-OH is 1. The number of ether oxygens (including phenoxy) is 5. The van der Waals surface area contributed by atoms with Gasteiger partial charge in [0.1, 0.15) is 24.4 Å². The number of aliphatic hydroxyl groups is 1. The summed E-state index contributed by atoms with van der Waals surface area (Å²) in [6.07, 6.45) is 0.483. The standard InChI is InChI=1S/C33H43NO6/c1-36-33-32(39-25-28-18-10-4-11-19-28)31(38-24-27-16-8-3-9-17-27)30(37-23-26-14-6-2-7-15-26)29(40-33)22-34-20-12-5-13-21-35/h2-4,6-11,14-19,29-35H,5,12-13,20-25H2,1H3/t29-,30-,31+,32-,33-/m1/s1. The Morgan fingerprint density at radius 2 is 1.15 bits per heavy atom. The molecule has 3 aromatic carbocycles. The van der Waals surface area contributed by atoms with E-state index in [1.54, 1.807) is 7.11 Å². The summed E-state index contributed by atoms with van der Waals surface area (Å²) in [6.45, 7) is 2.87. The first-order valence-electron chi connectivity index (χ1n) is 14.2. The average molecular weight is 550 g/mol. The molecule has 0 spiro atoms. The summed E-state index contributed by atoms with van der Waals surface area (Å²) in [4.78, 5) is 0. The lowest BCUT2D eigenvalue weighted by Crippen LogP contribution is -2.62. The third kappa shape index (κ3) is 9.49. The lowest BCUT2D eigenvalue weighted by Gasteiger charge is -2.45. The van der Waals surface area contributed by atoms with E-state index in [2.05, 4.69) is 29.6 Å². The van der Waals surface area contributed by atoms with Gasteiger partial charge in [-0.05, 0) is 42.5 Å². The second kappa shape index (κ2) is 17.3. The van der Waals surface area contributed by atoms with Crippen molar-refractivity contribution in [2.24, 2.45) is 0 Å². The number of benzene rings is 3. The monoisotopic (exact) mass is 549 g/mol. The van der Waals surface area contributed by atoms with E-state index in [0.29, 0.717) is 26.4 Å². The van der Waals surface area contributed by atoms with Crippen LogP contribution >= 0.6 is 0 Å². The van der Waals surface area contributed by atoms with Gasteiger partial charge in [0, 0.05) is 20.3 Å². The number of nitrogens with one attached hydrogen (secondary N) is 1. The van der Waals surface area contributed by atoms with Crippen LogP contribution in [0.5, 0.6) is 0 Å². The van der Waals surface area contributed by atoms with E-state index in [9.17, 15) is 0 Å². The molecule has 0 radical (unpaired) electrons. The lowest BCUT2D eigenvalue weighted by molar-refractivity contribution is -0.316. The summed E-state index contributed by atoms with van der Waals surface area (Å²) in [5, 5.41) is 12.6. The van der Waals surface area contributed by atoms with Crippen molar-refractivity contribution in [3.63, 3.8) is 0 Å². The second-order valence-corrected chi connectivity index (χ2v) is 10.1. The van der Waals surface area contributed by atoms with E-state index in [4.69, 9.17) is 28.8 Å². The first-order chi connectivity index (χ1) is 19.8. The van der Waals surface area contributed by atoms with Crippen molar-refractivity contribution < 1.29 is 28.8 Å². The first-order valence-corrected chi connectivity index (χ1v) is 14.2. The molecule has 4 rings (SSSR count). The van der Waals surface area contributed by atoms with Gasteiger partial charge in [0.2, 0.25) is 0 Å². The summed E-state index contributed by atoms with van der Waals surface area (Å²) in [6, 6.07) is 30.3. The Labute approximate surface area is 238 Å². The van der Waals surface area contributed by atoms with Crippen molar-refractivity contribution in [3.05, 3.63) is 108 Å². The van der Waals surface area contributed by atoms with Crippen LogP contribution in [0.2, 0.25) is 0 Å². The largest absolute Gasteiger partial charge is 0.396 e. The van der Waals surface area contributed by atoms with Crippen LogP contribution < -0.4 is 5.32 Å². The normalized spacial score (nSPS) is 22.8. The molecule has 5 atom stereocenters. The summed E-state index contributed by atoms with van der Waals surface area (Å²) in [5.74, 6) is 0. The molecule has 1 fully saturated rings. The molecule has 0 bridgehead atoms. The maximum atomic E-state index is 9.08. The minimum Gasteiger partial charge on any atom is -0.396 e. The molecule has 1 aliphatic rings. The van der Waals surface area contributed by atoms with Gasteiger partial charge in [-0.25, -0.2) is 0 Å². The highest BCUT2D eigenvalue weighted by Gasteiger charge is 2.48. The molecule has 7 heteroatoms. The average Bonchev–Trinajstić information content (AvgIpc) is 3.01. The van der Waals surface area contributed by atoms with E-state index >= 15 is 0 Å². The molecule has 0 amide bonds. The van der Waals surface area contributed by atoms with Crippen LogP contribution in [-0.4, -0.2) is 62.6 Å². The zero-order valence-electron chi connectivity index (χ0n) is 23.4. The predicted octanol–water partition coefficient (Wildman–Crippen LogP) is 4.87. The molecule has 0 aromatic heterocycles. The zero-order valence-corrected chi connectivity index (χ0v) is 23.4. The Morgan fingerprint density at radius 1 is 0.650 bits per heavy atom. The molecule has 216 valence electrons. The maximum Gasteiger partial charge on any atom is 0.186 e. The number of hydrogen-bond donors (Lipinski definition) is 2. The second-order valence-electron chi connectivity index (χ2n) is 10.1. The minimum atomic E-state index is -0.623. The van der Waals surface area contributed by atoms with Crippen LogP contribution in [0.4, 0.5) is 0 Å². The Hall–Kier alpha value is -2.62. The number of methoxy groups -OCH3 is 1. The van der Waals surface area contributed by atoms with Gasteiger partial charge in [-0.2, -0.15) is 0 Å². The van der Waals surface area contributed by atoms with Crippen molar-refractivity contribution in [1.82, 2.24) is 5.32 Å². The summed E-state index contributed by atoms with van der Waals surface area (Å²) >= 11 is 0. The lowest BCUT2D eigenvalue weighted by atomic mass is 9.97. The zero-order chi connectivity index (χ0) is 27.8. The molecule has 40 heavy (non-hydrogen) atoms. The SMILES string of the molecule is CO[C@@H]1O[C@H](CNCCCCCO)[C@@H](OCc2ccccc2)[C@H](OCc2ccccc2)[C@H]1OCc1ccccc1. The highest BCUT2D eigenvalue weighted by molar-refractivity contribution is 5.15. The van der Waals surface area contributed by atoms with E-state index in [1.165, 1.54) is 0 Å². The van der Waals surface area contributed by atoms with E-state index in [1.807, 2.05) is 66.7 Å². The fourth-order valence-electron chi connectivity index (χ4n) is 4.88. The fraction of sp³-hybridized carbons (Fsp3) is 0.455. The molecule has 0 aliphatic carbocycles. The van der Waals surface area contributed by atoms with E-state index < -0.39 is 24.6 Å². The molecule has 0 unspecified atom stereocenters. The smallest absolute Gasteiger partial charge is 0.186 e. The Bertz CT molecular complexity index is 1050. The number of rotatable bonds is 17. The van der Waals surface area contributed by atoms with Gasteiger partial charge in [-0.15, -0.1) is 0 Å². The van der Waals surface area contributed by atoms with Crippen LogP contribution in [0.1, 0.15) is 36.0 Å². The van der Waals surface area contributed by atoms with Gasteiger partial charge in [0.25, 0.3) is 0 Å². The third-order valence-electron chi connectivity index (χ3n) is 7.04. The van der Waals surface area contributed by atoms with E-state index in [0.717, 1.165) is 42.5 Å². The van der Waals surface area contributed by atoms with Gasteiger partial charge in [0.05, 0.1) is 19.8 Å². The molecule has 2 N–H and O–H groups in total. The molecule has 3 aromatic rings.